The van der Waals surface area contributed by atoms with Crippen LogP contribution in [-0.2, 0) is 38.3 Å². The Morgan fingerprint density at radius 2 is 1.59 bits per heavy atom. The minimum atomic E-state index is -0.589. The van der Waals surface area contributed by atoms with Crippen LogP contribution in [0.3, 0.4) is 0 Å². The van der Waals surface area contributed by atoms with Crippen LogP contribution in [0.5, 0.6) is 0 Å². The molecule has 8 nitrogen and oxygen atoms in total. The molecule has 4 N–H and O–H groups in total. The lowest BCUT2D eigenvalue weighted by atomic mass is 10.1. The number of nitrogens with one attached hydrogen (secondary N) is 4. The predicted octanol–water partition coefficient (Wildman–Crippen LogP) is 1.94. The number of benzene rings is 2. The van der Waals surface area contributed by atoms with E-state index >= 15 is 0 Å². The van der Waals surface area contributed by atoms with Crippen LogP contribution in [0.4, 0.5) is 0 Å². The van der Waals surface area contributed by atoms with E-state index in [-0.39, 0.29) is 43.2 Å². The van der Waals surface area contributed by atoms with Gasteiger partial charge in [0.1, 0.15) is 19.3 Å². The Balaban J connectivity index is 1.21. The fourth-order valence-electron chi connectivity index (χ4n) is 5.13. The number of rotatable bonds is 13. The first-order valence-electron chi connectivity index (χ1n) is 14.0. The van der Waals surface area contributed by atoms with Gasteiger partial charge in [-0.15, -0.1) is 0 Å². The van der Waals surface area contributed by atoms with E-state index in [1.807, 2.05) is 12.1 Å². The number of carbonyl (C=O) groups excluding carboxylic acids is 2. The second kappa shape index (κ2) is 16.2. The summed E-state index contributed by atoms with van der Waals surface area (Å²) in [4.78, 5) is 24.2. The van der Waals surface area contributed by atoms with Gasteiger partial charge in [-0.25, -0.2) is 0 Å². The second-order valence-electron chi connectivity index (χ2n) is 9.96. The van der Waals surface area contributed by atoms with Crippen LogP contribution in [0.15, 0.2) is 48.5 Å². The molecule has 2 amide bonds. The Labute approximate surface area is 247 Å². The lowest BCUT2D eigenvalue weighted by molar-refractivity contribution is -0.128. The minimum Gasteiger partial charge on any atom is -0.365 e. The van der Waals surface area contributed by atoms with Crippen LogP contribution < -0.4 is 20.7 Å². The fourth-order valence-corrected chi connectivity index (χ4v) is 6.06. The average molecular weight is 575 g/mol. The van der Waals surface area contributed by atoms with E-state index in [1.54, 1.807) is 14.1 Å². The van der Waals surface area contributed by atoms with Gasteiger partial charge in [-0.2, -0.15) is 0 Å². The highest BCUT2D eigenvalue weighted by atomic mass is 32.2. The highest BCUT2D eigenvalue weighted by molar-refractivity contribution is 7.97. The van der Waals surface area contributed by atoms with Crippen LogP contribution in [0.2, 0.25) is 0 Å². The summed E-state index contributed by atoms with van der Waals surface area (Å²) in [5, 5.41) is 8.20. The minimum absolute atomic E-state index is 0.00893. The zero-order chi connectivity index (χ0) is 28.9. The molecule has 0 heterocycles. The van der Waals surface area contributed by atoms with E-state index in [4.69, 9.17) is 9.47 Å². The Morgan fingerprint density at radius 1 is 0.927 bits per heavy atom. The standard InChI is InChI=1S/C32H38N4O4S/c1-33-22-30(37)35-28(32(38)34-2)15-18-41-36-31-27-14-8-7-13-25(27)21-29(31)40-17-10-4-3-9-16-39-26-19-23-11-5-6-12-24(23)20-26/h5-8,11-14,26,28-29,31,33,36H,15-22H2,1-2H3,(H,34,38)(H,35,37)/t28-,29+,31-/m0/s1. The Kier molecular flexibility index (Phi) is 12.1. The van der Waals surface area contributed by atoms with Gasteiger partial charge in [-0.05, 0) is 60.4 Å². The van der Waals surface area contributed by atoms with E-state index in [2.05, 4.69) is 80.8 Å². The molecule has 3 atom stereocenters. The summed E-state index contributed by atoms with van der Waals surface area (Å²) in [7, 11) is 3.26. The maximum Gasteiger partial charge on any atom is 0.242 e. The third kappa shape index (κ3) is 9.09. The van der Waals surface area contributed by atoms with Crippen LogP contribution >= 0.6 is 11.9 Å². The summed E-state index contributed by atoms with van der Waals surface area (Å²) in [6.45, 7) is 0.815. The first-order chi connectivity index (χ1) is 20.1. The van der Waals surface area contributed by atoms with Gasteiger partial charge >= 0.3 is 0 Å². The van der Waals surface area contributed by atoms with Crippen molar-refractivity contribution in [2.45, 2.75) is 50.0 Å². The number of hydrogen-bond donors (Lipinski definition) is 4. The monoisotopic (exact) mass is 574 g/mol. The predicted molar refractivity (Wildman–Crippen MR) is 162 cm³/mol. The molecule has 0 spiro atoms. The summed E-state index contributed by atoms with van der Waals surface area (Å²) in [6, 6.07) is 16.2. The molecule has 0 radical (unpaired) electrons. The van der Waals surface area contributed by atoms with Crippen LogP contribution in [-0.4, -0.2) is 69.7 Å². The van der Waals surface area contributed by atoms with Crippen molar-refractivity contribution in [3.63, 3.8) is 0 Å². The molecular weight excluding hydrogens is 536 g/mol. The quantitative estimate of drug-likeness (QED) is 0.165. The Hall–Kier alpha value is -3.31. The molecule has 216 valence electrons. The molecular formula is C32H38N4O4S. The molecule has 0 aliphatic heterocycles. The Bertz CT molecular complexity index is 1290. The van der Waals surface area contributed by atoms with Gasteiger partial charge in [0.2, 0.25) is 11.8 Å². The van der Waals surface area contributed by atoms with Gasteiger partial charge in [0.25, 0.3) is 0 Å². The van der Waals surface area contributed by atoms with Crippen LogP contribution in [0, 0.1) is 23.7 Å². The van der Waals surface area contributed by atoms with E-state index in [9.17, 15) is 9.59 Å². The highest BCUT2D eigenvalue weighted by Crippen LogP contribution is 2.34. The van der Waals surface area contributed by atoms with Gasteiger partial charge < -0.3 is 25.4 Å². The number of carbonyl (C=O) groups is 2. The van der Waals surface area contributed by atoms with Gasteiger partial charge in [-0.3, -0.25) is 14.3 Å². The van der Waals surface area contributed by atoms with Gasteiger partial charge in [0.05, 0.1) is 24.8 Å². The van der Waals surface area contributed by atoms with Gasteiger partial charge in [0, 0.05) is 19.2 Å². The van der Waals surface area contributed by atoms with Crippen molar-refractivity contribution in [2.75, 3.05) is 39.6 Å². The molecule has 0 bridgehead atoms. The van der Waals surface area contributed by atoms with Crippen LogP contribution in [0.1, 0.15) is 34.7 Å². The molecule has 9 heteroatoms. The van der Waals surface area contributed by atoms with Crippen molar-refractivity contribution in [3.8, 4) is 23.7 Å². The summed E-state index contributed by atoms with van der Waals surface area (Å²) in [5.41, 5.74) is 5.18. The van der Waals surface area contributed by atoms with E-state index in [0.29, 0.717) is 18.8 Å². The molecule has 0 fully saturated rings. The maximum atomic E-state index is 12.2. The highest BCUT2D eigenvalue weighted by Gasteiger charge is 2.33. The van der Waals surface area contributed by atoms with Crippen molar-refractivity contribution < 1.29 is 19.1 Å². The van der Waals surface area contributed by atoms with Crippen molar-refractivity contribution in [1.29, 1.82) is 0 Å². The summed E-state index contributed by atoms with van der Waals surface area (Å²) >= 11 is 1.52. The van der Waals surface area contributed by atoms with Crippen molar-refractivity contribution >= 4 is 23.8 Å². The van der Waals surface area contributed by atoms with Gasteiger partial charge in [0.15, 0.2) is 0 Å². The molecule has 0 aromatic heterocycles. The first-order valence-corrected chi connectivity index (χ1v) is 14.9. The van der Waals surface area contributed by atoms with Crippen molar-refractivity contribution in [2.24, 2.45) is 0 Å². The lowest BCUT2D eigenvalue weighted by Gasteiger charge is -2.22. The normalized spacial score (nSPS) is 17.8. The number of fused-ring (bicyclic) bond motifs is 2. The lowest BCUT2D eigenvalue weighted by Crippen LogP contribution is -2.48. The number of hydrogen-bond acceptors (Lipinski definition) is 7. The zero-order valence-corrected chi connectivity index (χ0v) is 24.4. The summed E-state index contributed by atoms with van der Waals surface area (Å²) in [6.07, 6.45) is 3.29. The second-order valence-corrected chi connectivity index (χ2v) is 10.9. The summed E-state index contributed by atoms with van der Waals surface area (Å²) < 4.78 is 15.6. The van der Waals surface area contributed by atoms with Gasteiger partial charge in [-0.1, -0.05) is 72.3 Å². The molecule has 0 unspecified atom stereocenters. The van der Waals surface area contributed by atoms with Crippen molar-refractivity contribution in [1.82, 2.24) is 20.7 Å². The molecule has 2 aromatic carbocycles. The number of ether oxygens (including phenoxy) is 2. The van der Waals surface area contributed by atoms with E-state index in [0.717, 1.165) is 19.3 Å². The van der Waals surface area contributed by atoms with E-state index < -0.39 is 6.04 Å². The number of amides is 2. The largest absolute Gasteiger partial charge is 0.365 e. The fraction of sp³-hybridized carbons (Fsp3) is 0.438. The number of likely N-dealkylation sites (N-methyl/N-ethyl adjacent to an activating group) is 2. The third-order valence-corrected chi connectivity index (χ3v) is 8.01. The molecule has 4 rings (SSSR count). The van der Waals surface area contributed by atoms with Crippen LogP contribution in [0.25, 0.3) is 0 Å². The smallest absolute Gasteiger partial charge is 0.242 e. The molecule has 0 saturated carbocycles. The molecule has 2 aromatic rings. The van der Waals surface area contributed by atoms with E-state index in [1.165, 1.54) is 34.2 Å². The third-order valence-electron chi connectivity index (χ3n) is 7.15. The first kappa shape index (κ1) is 30.6. The molecule has 2 aliphatic rings. The molecule has 2 aliphatic carbocycles. The molecule has 41 heavy (non-hydrogen) atoms. The summed E-state index contributed by atoms with van der Waals surface area (Å²) in [5.74, 6) is 12.0. The van der Waals surface area contributed by atoms with Crippen molar-refractivity contribution in [3.05, 3.63) is 70.8 Å². The Morgan fingerprint density at radius 3 is 2.27 bits per heavy atom. The SMILES string of the molecule is CNCC(=O)N[C@@H](CCSN[C@H]1c2ccccc2C[C@H]1OCC#CC#CCOC1Cc2ccccc2C1)C(=O)NC. The topological polar surface area (TPSA) is 101 Å². The molecule has 0 saturated heterocycles. The maximum absolute atomic E-state index is 12.2. The average Bonchev–Trinajstić information content (AvgIpc) is 3.56. The zero-order valence-electron chi connectivity index (χ0n) is 23.6.